The highest BCUT2D eigenvalue weighted by molar-refractivity contribution is 5.99. The Morgan fingerprint density at radius 3 is 2.75 bits per heavy atom. The van der Waals surface area contributed by atoms with Crippen molar-refractivity contribution >= 4 is 17.3 Å². The number of rotatable bonds is 6. The predicted octanol–water partition coefficient (Wildman–Crippen LogP) is 2.65. The lowest BCUT2D eigenvalue weighted by atomic mass is 10.1. The SMILES string of the molecule is C/C(=N/NC(=O)COc1cccc(F)c1)c1cccc([N+](=O)[O-])c1. The number of non-ortho nitro benzene ring substituents is 1. The molecule has 2 aromatic carbocycles. The molecule has 0 heterocycles. The molecule has 0 bridgehead atoms. The van der Waals surface area contributed by atoms with Crippen molar-refractivity contribution in [2.45, 2.75) is 6.92 Å². The number of nitrogens with zero attached hydrogens (tertiary/aromatic N) is 2. The van der Waals surface area contributed by atoms with Crippen LogP contribution >= 0.6 is 0 Å². The fourth-order valence-electron chi connectivity index (χ4n) is 1.79. The van der Waals surface area contributed by atoms with E-state index in [1.807, 2.05) is 0 Å². The van der Waals surface area contributed by atoms with Crippen LogP contribution in [0.1, 0.15) is 12.5 Å². The molecule has 0 saturated heterocycles. The fraction of sp³-hybridized carbons (Fsp3) is 0.125. The Morgan fingerprint density at radius 2 is 2.04 bits per heavy atom. The van der Waals surface area contributed by atoms with Crippen LogP contribution in [0.3, 0.4) is 0 Å². The molecule has 1 amide bonds. The summed E-state index contributed by atoms with van der Waals surface area (Å²) >= 11 is 0. The van der Waals surface area contributed by atoms with Crippen molar-refractivity contribution in [2.75, 3.05) is 6.61 Å². The van der Waals surface area contributed by atoms with Gasteiger partial charge < -0.3 is 4.74 Å². The Labute approximate surface area is 136 Å². The molecular formula is C16H14FN3O4. The second-order valence-corrected chi connectivity index (χ2v) is 4.79. The first-order chi connectivity index (χ1) is 11.5. The number of hydrazone groups is 1. The molecule has 0 spiro atoms. The molecule has 8 heteroatoms. The van der Waals surface area contributed by atoms with Crippen LogP contribution < -0.4 is 10.2 Å². The number of nitro groups is 1. The van der Waals surface area contributed by atoms with E-state index in [0.717, 1.165) is 6.07 Å². The van der Waals surface area contributed by atoms with Gasteiger partial charge in [-0.2, -0.15) is 5.10 Å². The molecule has 0 aliphatic carbocycles. The lowest BCUT2D eigenvalue weighted by Gasteiger charge is -2.06. The van der Waals surface area contributed by atoms with Crippen molar-refractivity contribution in [1.82, 2.24) is 5.43 Å². The number of amides is 1. The minimum atomic E-state index is -0.538. The van der Waals surface area contributed by atoms with E-state index >= 15 is 0 Å². The topological polar surface area (TPSA) is 93.8 Å². The van der Waals surface area contributed by atoms with Crippen molar-refractivity contribution in [1.29, 1.82) is 0 Å². The molecule has 2 rings (SSSR count). The average molecular weight is 331 g/mol. The van der Waals surface area contributed by atoms with Gasteiger partial charge in [-0.25, -0.2) is 9.82 Å². The molecule has 0 atom stereocenters. The van der Waals surface area contributed by atoms with Gasteiger partial charge in [-0.1, -0.05) is 18.2 Å². The normalized spacial score (nSPS) is 11.0. The monoisotopic (exact) mass is 331 g/mol. The van der Waals surface area contributed by atoms with E-state index in [2.05, 4.69) is 10.5 Å². The zero-order valence-electron chi connectivity index (χ0n) is 12.7. The first-order valence-corrected chi connectivity index (χ1v) is 6.92. The molecule has 2 aromatic rings. The molecule has 0 saturated carbocycles. The maximum Gasteiger partial charge on any atom is 0.277 e. The summed E-state index contributed by atoms with van der Waals surface area (Å²) in [5, 5.41) is 14.6. The van der Waals surface area contributed by atoms with Crippen LogP contribution in [0, 0.1) is 15.9 Å². The molecule has 124 valence electrons. The molecule has 0 aliphatic heterocycles. The van der Waals surface area contributed by atoms with E-state index in [4.69, 9.17) is 4.74 Å². The quantitative estimate of drug-likeness (QED) is 0.500. The second-order valence-electron chi connectivity index (χ2n) is 4.79. The number of carbonyl (C=O) groups excluding carboxylic acids is 1. The number of nitro benzene ring substituents is 1. The van der Waals surface area contributed by atoms with Crippen molar-refractivity contribution in [3.8, 4) is 5.75 Å². The van der Waals surface area contributed by atoms with E-state index in [1.54, 1.807) is 13.0 Å². The molecule has 0 aromatic heterocycles. The third-order valence-electron chi connectivity index (χ3n) is 2.99. The molecule has 0 aliphatic rings. The van der Waals surface area contributed by atoms with Crippen LogP contribution in [-0.2, 0) is 4.79 Å². The van der Waals surface area contributed by atoms with Gasteiger partial charge in [-0.05, 0) is 19.1 Å². The highest BCUT2D eigenvalue weighted by Crippen LogP contribution is 2.14. The fourth-order valence-corrected chi connectivity index (χ4v) is 1.79. The predicted molar refractivity (Wildman–Crippen MR) is 85.3 cm³/mol. The number of hydrogen-bond acceptors (Lipinski definition) is 5. The lowest BCUT2D eigenvalue weighted by molar-refractivity contribution is -0.384. The number of hydrogen-bond donors (Lipinski definition) is 1. The molecule has 24 heavy (non-hydrogen) atoms. The Balaban J connectivity index is 1.93. The molecule has 0 fully saturated rings. The van der Waals surface area contributed by atoms with Crippen molar-refractivity contribution in [3.63, 3.8) is 0 Å². The summed E-state index contributed by atoms with van der Waals surface area (Å²) in [4.78, 5) is 21.9. The largest absolute Gasteiger partial charge is 0.484 e. The zero-order chi connectivity index (χ0) is 17.5. The van der Waals surface area contributed by atoms with Gasteiger partial charge >= 0.3 is 0 Å². The summed E-state index contributed by atoms with van der Waals surface area (Å²) in [6.45, 7) is 1.27. The van der Waals surface area contributed by atoms with Crippen molar-refractivity contribution in [2.24, 2.45) is 5.10 Å². The van der Waals surface area contributed by atoms with Gasteiger partial charge in [0.05, 0.1) is 10.6 Å². The standard InChI is InChI=1S/C16H14FN3O4/c1-11(12-4-2-6-14(8-12)20(22)23)18-19-16(21)10-24-15-7-3-5-13(17)9-15/h2-9H,10H2,1H3,(H,19,21)/b18-11-. The summed E-state index contributed by atoms with van der Waals surface area (Å²) in [5.41, 5.74) is 3.12. The molecule has 7 nitrogen and oxygen atoms in total. The Morgan fingerprint density at radius 1 is 1.29 bits per heavy atom. The van der Waals surface area contributed by atoms with E-state index in [-0.39, 0.29) is 18.0 Å². The van der Waals surface area contributed by atoms with Crippen LogP contribution in [0.15, 0.2) is 53.6 Å². The van der Waals surface area contributed by atoms with Gasteiger partial charge in [0.1, 0.15) is 11.6 Å². The van der Waals surface area contributed by atoms with Gasteiger partial charge in [0.25, 0.3) is 11.6 Å². The first kappa shape index (κ1) is 17.1. The Hall–Kier alpha value is -3.29. The maximum atomic E-state index is 13.0. The van der Waals surface area contributed by atoms with E-state index in [9.17, 15) is 19.3 Å². The van der Waals surface area contributed by atoms with Gasteiger partial charge in [0.2, 0.25) is 0 Å². The minimum Gasteiger partial charge on any atom is -0.484 e. The lowest BCUT2D eigenvalue weighted by Crippen LogP contribution is -2.25. The summed E-state index contributed by atoms with van der Waals surface area (Å²) in [6.07, 6.45) is 0. The third-order valence-corrected chi connectivity index (χ3v) is 2.99. The smallest absolute Gasteiger partial charge is 0.277 e. The van der Waals surface area contributed by atoms with Crippen molar-refractivity contribution in [3.05, 3.63) is 70.0 Å². The van der Waals surface area contributed by atoms with E-state index in [1.165, 1.54) is 36.4 Å². The number of benzene rings is 2. The zero-order valence-corrected chi connectivity index (χ0v) is 12.7. The maximum absolute atomic E-state index is 13.0. The summed E-state index contributed by atoms with van der Waals surface area (Å²) in [6, 6.07) is 11.3. The van der Waals surface area contributed by atoms with Crippen LogP contribution in [-0.4, -0.2) is 23.1 Å². The molecule has 0 unspecified atom stereocenters. The molecule has 0 radical (unpaired) electrons. The summed E-state index contributed by atoms with van der Waals surface area (Å²) < 4.78 is 18.1. The summed E-state index contributed by atoms with van der Waals surface area (Å²) in [5.74, 6) is -0.777. The van der Waals surface area contributed by atoms with Gasteiger partial charge in [-0.15, -0.1) is 0 Å². The van der Waals surface area contributed by atoms with Gasteiger partial charge in [0.15, 0.2) is 6.61 Å². The summed E-state index contributed by atoms with van der Waals surface area (Å²) in [7, 11) is 0. The second kappa shape index (κ2) is 7.82. The van der Waals surface area contributed by atoms with Crippen LogP contribution in [0.5, 0.6) is 5.75 Å². The molecular weight excluding hydrogens is 317 g/mol. The van der Waals surface area contributed by atoms with Gasteiger partial charge in [0, 0.05) is 23.8 Å². The van der Waals surface area contributed by atoms with E-state index < -0.39 is 16.6 Å². The van der Waals surface area contributed by atoms with Crippen molar-refractivity contribution < 1.29 is 18.8 Å². The number of halogens is 1. The highest BCUT2D eigenvalue weighted by atomic mass is 19.1. The Kier molecular flexibility index (Phi) is 5.56. The number of nitrogens with one attached hydrogen (secondary N) is 1. The first-order valence-electron chi connectivity index (χ1n) is 6.92. The minimum absolute atomic E-state index is 0.0668. The third kappa shape index (κ3) is 4.87. The average Bonchev–Trinajstić information content (AvgIpc) is 2.58. The van der Waals surface area contributed by atoms with Gasteiger partial charge in [-0.3, -0.25) is 14.9 Å². The number of carbonyl (C=O) groups is 1. The Bertz CT molecular complexity index is 792. The van der Waals surface area contributed by atoms with E-state index in [0.29, 0.717) is 11.3 Å². The van der Waals surface area contributed by atoms with Crippen LogP contribution in [0.4, 0.5) is 10.1 Å². The highest BCUT2D eigenvalue weighted by Gasteiger charge is 2.08. The van der Waals surface area contributed by atoms with Crippen LogP contribution in [0.25, 0.3) is 0 Å². The molecule has 1 N–H and O–H groups in total. The van der Waals surface area contributed by atoms with Crippen LogP contribution in [0.2, 0.25) is 0 Å². The number of ether oxygens (including phenoxy) is 1.